The lowest BCUT2D eigenvalue weighted by Gasteiger charge is -2.24. The molecule has 0 atom stereocenters. The van der Waals surface area contributed by atoms with Crippen molar-refractivity contribution >= 4 is 23.4 Å². The summed E-state index contributed by atoms with van der Waals surface area (Å²) in [5.41, 5.74) is -0.904. The summed E-state index contributed by atoms with van der Waals surface area (Å²) in [6.07, 6.45) is 1.07. The van der Waals surface area contributed by atoms with Crippen LogP contribution < -0.4 is 10.1 Å². The van der Waals surface area contributed by atoms with Crippen LogP contribution in [-0.2, 0) is 15.7 Å². The van der Waals surface area contributed by atoms with Gasteiger partial charge in [-0.2, -0.15) is 13.2 Å². The van der Waals surface area contributed by atoms with E-state index in [0.29, 0.717) is 11.2 Å². The maximum absolute atomic E-state index is 13.1. The Morgan fingerprint density at radius 3 is 2.66 bits per heavy atom. The molecule has 0 spiro atoms. The molecule has 1 aromatic heterocycles. The normalized spacial score (nSPS) is 15.0. The molecular weight excluding hydrogens is 445 g/mol. The molecule has 1 aliphatic rings. The van der Waals surface area contributed by atoms with E-state index in [-0.39, 0.29) is 30.4 Å². The Hall–Kier alpha value is -2.27. The number of alkyl halides is 3. The van der Waals surface area contributed by atoms with Crippen molar-refractivity contribution in [3.05, 3.63) is 29.6 Å². The molecule has 3 rings (SSSR count). The number of aromatic nitrogens is 3. The van der Waals surface area contributed by atoms with Gasteiger partial charge in [-0.15, -0.1) is 10.2 Å². The van der Waals surface area contributed by atoms with E-state index in [0.717, 1.165) is 43.6 Å². The van der Waals surface area contributed by atoms with Crippen molar-refractivity contribution in [2.24, 2.45) is 0 Å². The average molecular weight is 473 g/mol. The molecule has 1 heterocycles. The first-order valence-corrected chi connectivity index (χ1v) is 11.4. The molecule has 32 heavy (non-hydrogen) atoms. The predicted octanol–water partition coefficient (Wildman–Crippen LogP) is 4.87. The maximum atomic E-state index is 13.1. The van der Waals surface area contributed by atoms with Crippen molar-refractivity contribution in [1.29, 1.82) is 0 Å². The molecule has 0 bridgehead atoms. The summed E-state index contributed by atoms with van der Waals surface area (Å²) < 4.78 is 51.9. The zero-order valence-electron chi connectivity index (χ0n) is 18.1. The number of aryl methyl sites for hydroxylation is 1. The van der Waals surface area contributed by atoms with E-state index in [1.54, 1.807) is 0 Å². The Morgan fingerprint density at radius 2 is 1.97 bits per heavy atom. The third-order valence-corrected chi connectivity index (χ3v) is 6.18. The number of nitrogens with one attached hydrogen (secondary N) is 1. The van der Waals surface area contributed by atoms with Crippen molar-refractivity contribution in [2.45, 2.75) is 56.4 Å². The van der Waals surface area contributed by atoms with Gasteiger partial charge in [0.1, 0.15) is 18.2 Å². The van der Waals surface area contributed by atoms with Gasteiger partial charge in [0.25, 0.3) is 0 Å². The van der Waals surface area contributed by atoms with Crippen LogP contribution in [0.25, 0.3) is 0 Å². The molecule has 1 aliphatic carbocycles. The zero-order chi connectivity index (χ0) is 23.1. The molecule has 1 amide bonds. The van der Waals surface area contributed by atoms with E-state index in [1.165, 1.54) is 31.4 Å². The molecule has 1 saturated carbocycles. The van der Waals surface area contributed by atoms with Crippen LogP contribution in [0.3, 0.4) is 0 Å². The van der Waals surface area contributed by atoms with E-state index in [2.05, 4.69) is 20.1 Å². The van der Waals surface area contributed by atoms with Gasteiger partial charge in [-0.05, 0) is 38.0 Å². The summed E-state index contributed by atoms with van der Waals surface area (Å²) in [4.78, 5) is 12.6. The average Bonchev–Trinajstić information content (AvgIpc) is 3.13. The number of carbonyl (C=O) groups is 1. The lowest BCUT2D eigenvalue weighted by atomic mass is 9.95. The van der Waals surface area contributed by atoms with Gasteiger partial charge in [-0.3, -0.25) is 4.79 Å². The largest absolute Gasteiger partial charge is 0.489 e. The van der Waals surface area contributed by atoms with Gasteiger partial charge >= 0.3 is 6.18 Å². The minimum Gasteiger partial charge on any atom is -0.489 e. The van der Waals surface area contributed by atoms with Crippen LogP contribution in [0.4, 0.5) is 18.9 Å². The molecule has 0 radical (unpaired) electrons. The van der Waals surface area contributed by atoms with Gasteiger partial charge in [0.2, 0.25) is 5.91 Å². The minimum absolute atomic E-state index is 0.0153. The van der Waals surface area contributed by atoms with Crippen LogP contribution in [-0.4, -0.2) is 46.7 Å². The molecule has 0 unspecified atom stereocenters. The summed E-state index contributed by atoms with van der Waals surface area (Å²) in [6.45, 7) is 2.29. The van der Waals surface area contributed by atoms with Crippen molar-refractivity contribution in [3.8, 4) is 5.75 Å². The minimum atomic E-state index is -4.53. The lowest BCUT2D eigenvalue weighted by Crippen LogP contribution is -2.18. The van der Waals surface area contributed by atoms with E-state index < -0.39 is 17.6 Å². The number of carbonyl (C=O) groups excluding carboxylic acids is 1. The number of methoxy groups -OCH3 is 1. The third kappa shape index (κ3) is 6.38. The molecule has 1 aromatic carbocycles. The van der Waals surface area contributed by atoms with Crippen LogP contribution in [0.1, 0.15) is 49.5 Å². The highest BCUT2D eigenvalue weighted by Crippen LogP contribution is 2.36. The summed E-state index contributed by atoms with van der Waals surface area (Å²) in [5, 5.41) is 11.5. The number of thioether (sulfide) groups is 1. The summed E-state index contributed by atoms with van der Waals surface area (Å²) in [7, 11) is 1.49. The Bertz CT molecular complexity index is 914. The van der Waals surface area contributed by atoms with Crippen LogP contribution in [0.15, 0.2) is 23.4 Å². The standard InChI is InChI=1S/C21H27F3N4O3S/c1-14-26-27-20(28(14)16-6-4-3-5-7-16)32-13-19(29)25-17-12-15(21(22,23)24)8-9-18(17)31-11-10-30-2/h8-9,12,16H,3-7,10-11,13H2,1-2H3,(H,25,29). The number of ether oxygens (including phenoxy) is 2. The second-order valence-electron chi connectivity index (χ2n) is 7.58. The highest BCUT2D eigenvalue weighted by atomic mass is 32.2. The SMILES string of the molecule is COCCOc1ccc(C(F)(F)F)cc1NC(=O)CSc1nnc(C)n1C1CCCCC1. The van der Waals surface area contributed by atoms with E-state index >= 15 is 0 Å². The molecule has 7 nitrogen and oxygen atoms in total. The molecule has 1 N–H and O–H groups in total. The Kier molecular flexibility index (Phi) is 8.41. The van der Waals surface area contributed by atoms with Gasteiger partial charge < -0.3 is 19.4 Å². The van der Waals surface area contributed by atoms with E-state index in [9.17, 15) is 18.0 Å². The quantitative estimate of drug-likeness (QED) is 0.415. The number of halogens is 3. The predicted molar refractivity (Wildman–Crippen MR) is 115 cm³/mol. The topological polar surface area (TPSA) is 78.3 Å². The fraction of sp³-hybridized carbons (Fsp3) is 0.571. The highest BCUT2D eigenvalue weighted by Gasteiger charge is 2.31. The van der Waals surface area contributed by atoms with Crippen LogP contribution in [0, 0.1) is 6.92 Å². The fourth-order valence-corrected chi connectivity index (χ4v) is 4.54. The molecule has 2 aromatic rings. The Balaban J connectivity index is 1.69. The Morgan fingerprint density at radius 1 is 1.22 bits per heavy atom. The summed E-state index contributed by atoms with van der Waals surface area (Å²) >= 11 is 1.22. The first-order chi connectivity index (χ1) is 15.3. The van der Waals surface area contributed by atoms with Crippen LogP contribution in [0.5, 0.6) is 5.75 Å². The van der Waals surface area contributed by atoms with Gasteiger partial charge in [0, 0.05) is 13.2 Å². The second-order valence-corrected chi connectivity index (χ2v) is 8.52. The number of hydrogen-bond acceptors (Lipinski definition) is 6. The first kappa shape index (κ1) is 24.4. The number of benzene rings is 1. The van der Waals surface area contributed by atoms with Crippen LogP contribution in [0.2, 0.25) is 0 Å². The lowest BCUT2D eigenvalue weighted by molar-refractivity contribution is -0.137. The monoisotopic (exact) mass is 472 g/mol. The molecule has 176 valence electrons. The van der Waals surface area contributed by atoms with Gasteiger partial charge in [-0.1, -0.05) is 31.0 Å². The number of rotatable bonds is 9. The van der Waals surface area contributed by atoms with Gasteiger partial charge in [0.05, 0.1) is 23.6 Å². The smallest absolute Gasteiger partial charge is 0.416 e. The van der Waals surface area contributed by atoms with Gasteiger partial charge in [0.15, 0.2) is 5.16 Å². The number of amides is 1. The number of anilines is 1. The van der Waals surface area contributed by atoms with Crippen molar-refractivity contribution in [1.82, 2.24) is 14.8 Å². The van der Waals surface area contributed by atoms with Crippen molar-refractivity contribution in [3.63, 3.8) is 0 Å². The molecular formula is C21H27F3N4O3S. The molecule has 1 fully saturated rings. The third-order valence-electron chi connectivity index (χ3n) is 5.23. The summed E-state index contributed by atoms with van der Waals surface area (Å²) in [6, 6.07) is 3.31. The van der Waals surface area contributed by atoms with Crippen molar-refractivity contribution < 1.29 is 27.4 Å². The fourth-order valence-electron chi connectivity index (χ4n) is 3.69. The molecule has 0 aliphatic heterocycles. The van der Waals surface area contributed by atoms with E-state index in [4.69, 9.17) is 9.47 Å². The number of hydrogen-bond donors (Lipinski definition) is 1. The highest BCUT2D eigenvalue weighted by molar-refractivity contribution is 7.99. The number of nitrogens with zero attached hydrogens (tertiary/aromatic N) is 3. The molecule has 11 heteroatoms. The Labute approximate surface area is 189 Å². The maximum Gasteiger partial charge on any atom is 0.416 e. The zero-order valence-corrected chi connectivity index (χ0v) is 18.9. The van der Waals surface area contributed by atoms with Gasteiger partial charge in [-0.25, -0.2) is 0 Å². The molecule has 0 saturated heterocycles. The van der Waals surface area contributed by atoms with Crippen molar-refractivity contribution in [2.75, 3.05) is 31.4 Å². The van der Waals surface area contributed by atoms with E-state index in [1.807, 2.05) is 6.92 Å². The first-order valence-electron chi connectivity index (χ1n) is 10.5. The van der Waals surface area contributed by atoms with Crippen LogP contribution >= 0.6 is 11.8 Å². The second kappa shape index (κ2) is 11.0. The summed E-state index contributed by atoms with van der Waals surface area (Å²) in [5.74, 6) is 0.474.